The highest BCUT2D eigenvalue weighted by molar-refractivity contribution is 5.44. The van der Waals surface area contributed by atoms with Crippen LogP contribution in [0.4, 0.5) is 0 Å². The number of hydrogen-bond acceptors (Lipinski definition) is 2. The highest BCUT2D eigenvalue weighted by Crippen LogP contribution is 2.37. The SMILES string of the molecule is CCC(C)(CNC)c1cc(C(C)(C)C)ccc1OC. The molecule has 0 aliphatic carbocycles. The average Bonchev–Trinajstić information content (AvgIpc) is 2.37. The van der Waals surface area contributed by atoms with Crippen LogP contribution in [0.15, 0.2) is 18.2 Å². The van der Waals surface area contributed by atoms with Gasteiger partial charge in [0.25, 0.3) is 0 Å². The summed E-state index contributed by atoms with van der Waals surface area (Å²) in [5, 5.41) is 3.31. The molecule has 0 saturated carbocycles. The summed E-state index contributed by atoms with van der Waals surface area (Å²) in [5.74, 6) is 0.993. The summed E-state index contributed by atoms with van der Waals surface area (Å²) in [7, 11) is 3.76. The molecule has 2 nitrogen and oxygen atoms in total. The van der Waals surface area contributed by atoms with Crippen LogP contribution in [0.3, 0.4) is 0 Å². The summed E-state index contributed by atoms with van der Waals surface area (Å²) in [5.41, 5.74) is 2.93. The van der Waals surface area contributed by atoms with Gasteiger partial charge in [-0.3, -0.25) is 0 Å². The molecule has 1 N–H and O–H groups in total. The number of ether oxygens (including phenoxy) is 1. The summed E-state index contributed by atoms with van der Waals surface area (Å²) in [6.45, 7) is 12.2. The first kappa shape index (κ1) is 16.0. The minimum absolute atomic E-state index is 0.0986. The second kappa shape index (κ2) is 5.96. The monoisotopic (exact) mass is 263 g/mol. The van der Waals surface area contributed by atoms with Crippen LogP contribution in [-0.4, -0.2) is 20.7 Å². The molecular formula is C17H29NO. The van der Waals surface area contributed by atoms with E-state index in [1.807, 2.05) is 7.05 Å². The molecule has 0 amide bonds. The Kier molecular flexibility index (Phi) is 5.03. The van der Waals surface area contributed by atoms with Crippen molar-refractivity contribution in [2.24, 2.45) is 0 Å². The van der Waals surface area contributed by atoms with E-state index in [1.54, 1.807) is 7.11 Å². The molecule has 2 heteroatoms. The summed E-state index contributed by atoms with van der Waals surface area (Å²) < 4.78 is 5.58. The van der Waals surface area contributed by atoms with E-state index in [-0.39, 0.29) is 10.8 Å². The number of likely N-dealkylation sites (N-methyl/N-ethyl adjacent to an activating group) is 1. The molecule has 0 aromatic heterocycles. The van der Waals surface area contributed by atoms with Crippen LogP contribution in [0, 0.1) is 0 Å². The molecule has 1 aromatic rings. The van der Waals surface area contributed by atoms with E-state index in [1.165, 1.54) is 11.1 Å². The summed E-state index contributed by atoms with van der Waals surface area (Å²) in [6, 6.07) is 6.61. The van der Waals surface area contributed by atoms with Gasteiger partial charge in [-0.05, 0) is 30.5 Å². The predicted molar refractivity (Wildman–Crippen MR) is 83.3 cm³/mol. The van der Waals surface area contributed by atoms with E-state index in [2.05, 4.69) is 58.1 Å². The van der Waals surface area contributed by atoms with E-state index >= 15 is 0 Å². The van der Waals surface area contributed by atoms with Gasteiger partial charge in [0.1, 0.15) is 5.75 Å². The molecule has 0 aliphatic heterocycles. The standard InChI is InChI=1S/C17H29NO/c1-8-17(5,12-18-6)14-11-13(16(2,3)4)9-10-15(14)19-7/h9-11,18H,8,12H2,1-7H3. The van der Waals surface area contributed by atoms with Crippen molar-refractivity contribution in [2.75, 3.05) is 20.7 Å². The molecule has 0 saturated heterocycles. The first-order valence-electron chi connectivity index (χ1n) is 7.12. The van der Waals surface area contributed by atoms with Gasteiger partial charge in [0.05, 0.1) is 7.11 Å². The minimum atomic E-state index is 0.0986. The summed E-state index contributed by atoms with van der Waals surface area (Å²) in [4.78, 5) is 0. The molecule has 0 fully saturated rings. The highest BCUT2D eigenvalue weighted by Gasteiger charge is 2.28. The molecule has 1 rings (SSSR count). The highest BCUT2D eigenvalue weighted by atomic mass is 16.5. The van der Waals surface area contributed by atoms with Crippen LogP contribution < -0.4 is 10.1 Å². The van der Waals surface area contributed by atoms with Gasteiger partial charge in [0.2, 0.25) is 0 Å². The third-order valence-electron chi connectivity index (χ3n) is 4.06. The van der Waals surface area contributed by atoms with Gasteiger partial charge in [0, 0.05) is 17.5 Å². The second-order valence-corrected chi connectivity index (χ2v) is 6.61. The van der Waals surface area contributed by atoms with Crippen LogP contribution in [0.1, 0.15) is 52.2 Å². The zero-order chi connectivity index (χ0) is 14.7. The van der Waals surface area contributed by atoms with Crippen molar-refractivity contribution in [3.63, 3.8) is 0 Å². The Bertz CT molecular complexity index is 420. The molecule has 1 aromatic carbocycles. The van der Waals surface area contributed by atoms with Gasteiger partial charge in [-0.1, -0.05) is 46.8 Å². The second-order valence-electron chi connectivity index (χ2n) is 6.61. The maximum Gasteiger partial charge on any atom is 0.122 e. The van der Waals surface area contributed by atoms with Crippen LogP contribution in [0.2, 0.25) is 0 Å². The molecule has 0 spiro atoms. The predicted octanol–water partition coefficient (Wildman–Crippen LogP) is 3.88. The molecule has 19 heavy (non-hydrogen) atoms. The van der Waals surface area contributed by atoms with E-state index in [4.69, 9.17) is 4.74 Å². The summed E-state index contributed by atoms with van der Waals surface area (Å²) >= 11 is 0. The lowest BCUT2D eigenvalue weighted by molar-refractivity contribution is 0.372. The zero-order valence-electron chi connectivity index (χ0n) is 13.6. The van der Waals surface area contributed by atoms with Gasteiger partial charge in [-0.25, -0.2) is 0 Å². The quantitative estimate of drug-likeness (QED) is 0.870. The number of benzene rings is 1. The largest absolute Gasteiger partial charge is 0.496 e. The van der Waals surface area contributed by atoms with Gasteiger partial charge >= 0.3 is 0 Å². The lowest BCUT2D eigenvalue weighted by Crippen LogP contribution is -2.34. The number of rotatable bonds is 5. The van der Waals surface area contributed by atoms with Crippen molar-refractivity contribution in [1.29, 1.82) is 0 Å². The van der Waals surface area contributed by atoms with Gasteiger partial charge < -0.3 is 10.1 Å². The van der Waals surface area contributed by atoms with Crippen LogP contribution in [0.25, 0.3) is 0 Å². The molecule has 0 aliphatic rings. The van der Waals surface area contributed by atoms with Crippen molar-refractivity contribution >= 4 is 0 Å². The Labute approximate surface area is 118 Å². The Morgan fingerprint density at radius 3 is 2.21 bits per heavy atom. The third-order valence-corrected chi connectivity index (χ3v) is 4.06. The number of hydrogen-bond donors (Lipinski definition) is 1. The van der Waals surface area contributed by atoms with Crippen molar-refractivity contribution in [2.45, 2.75) is 51.9 Å². The molecule has 0 heterocycles. The van der Waals surface area contributed by atoms with Crippen molar-refractivity contribution in [3.05, 3.63) is 29.3 Å². The molecule has 1 atom stereocenters. The van der Waals surface area contributed by atoms with Crippen LogP contribution in [0.5, 0.6) is 5.75 Å². The molecule has 1 unspecified atom stereocenters. The zero-order valence-corrected chi connectivity index (χ0v) is 13.6. The number of methoxy groups -OCH3 is 1. The normalized spacial score (nSPS) is 15.1. The lowest BCUT2D eigenvalue weighted by atomic mass is 9.76. The Morgan fingerprint density at radius 2 is 1.79 bits per heavy atom. The van der Waals surface area contributed by atoms with E-state index < -0.39 is 0 Å². The number of nitrogens with one attached hydrogen (secondary N) is 1. The fourth-order valence-corrected chi connectivity index (χ4v) is 2.45. The van der Waals surface area contributed by atoms with E-state index in [0.717, 1.165) is 18.7 Å². The first-order chi connectivity index (χ1) is 8.78. The molecule has 108 valence electrons. The molecule has 0 bridgehead atoms. The van der Waals surface area contributed by atoms with Crippen LogP contribution in [-0.2, 0) is 10.8 Å². The van der Waals surface area contributed by atoms with Crippen molar-refractivity contribution < 1.29 is 4.74 Å². The van der Waals surface area contributed by atoms with E-state index in [0.29, 0.717) is 0 Å². The topological polar surface area (TPSA) is 21.3 Å². The third kappa shape index (κ3) is 3.50. The van der Waals surface area contributed by atoms with Gasteiger partial charge in [-0.2, -0.15) is 0 Å². The first-order valence-corrected chi connectivity index (χ1v) is 7.12. The van der Waals surface area contributed by atoms with Gasteiger partial charge in [-0.15, -0.1) is 0 Å². The maximum absolute atomic E-state index is 5.58. The van der Waals surface area contributed by atoms with Crippen molar-refractivity contribution in [1.82, 2.24) is 5.32 Å². The average molecular weight is 263 g/mol. The smallest absolute Gasteiger partial charge is 0.122 e. The molecular weight excluding hydrogens is 234 g/mol. The lowest BCUT2D eigenvalue weighted by Gasteiger charge is -2.32. The molecule has 0 radical (unpaired) electrons. The Hall–Kier alpha value is -1.02. The summed E-state index contributed by atoms with van der Waals surface area (Å²) in [6.07, 6.45) is 1.08. The van der Waals surface area contributed by atoms with E-state index in [9.17, 15) is 0 Å². The fourth-order valence-electron chi connectivity index (χ4n) is 2.45. The Morgan fingerprint density at radius 1 is 1.16 bits per heavy atom. The minimum Gasteiger partial charge on any atom is -0.496 e. The fraction of sp³-hybridized carbons (Fsp3) is 0.647. The van der Waals surface area contributed by atoms with Crippen LogP contribution >= 0.6 is 0 Å². The maximum atomic E-state index is 5.58. The Balaban J connectivity index is 3.37. The van der Waals surface area contributed by atoms with Crippen molar-refractivity contribution in [3.8, 4) is 5.75 Å². The van der Waals surface area contributed by atoms with Gasteiger partial charge in [0.15, 0.2) is 0 Å².